The number of hydrogen-bond donors (Lipinski definition) is 2. The number of pyridine rings is 2. The van der Waals surface area contributed by atoms with E-state index in [1.165, 1.54) is 0 Å². The summed E-state index contributed by atoms with van der Waals surface area (Å²) in [6.07, 6.45) is 6.90. The number of aromatic nitrogens is 2. The summed E-state index contributed by atoms with van der Waals surface area (Å²) in [6.45, 7) is 2.07. The average Bonchev–Trinajstić information content (AvgIpc) is 2.35. The maximum absolute atomic E-state index is 5.88. The highest BCUT2D eigenvalue weighted by atomic mass is 79.9. The Bertz CT molecular complexity index is 481. The van der Waals surface area contributed by atoms with E-state index in [-0.39, 0.29) is 6.04 Å². The molecule has 0 aliphatic rings. The van der Waals surface area contributed by atoms with Crippen LogP contribution in [0.5, 0.6) is 0 Å². The second-order valence-corrected chi connectivity index (χ2v) is 4.59. The van der Waals surface area contributed by atoms with Gasteiger partial charge in [-0.3, -0.25) is 9.97 Å². The third kappa shape index (κ3) is 2.74. The van der Waals surface area contributed by atoms with E-state index < -0.39 is 0 Å². The van der Waals surface area contributed by atoms with Crippen molar-refractivity contribution in [1.29, 1.82) is 0 Å². The number of nitrogens with zero attached hydrogens (tertiary/aromatic N) is 2. The van der Waals surface area contributed by atoms with Gasteiger partial charge in [-0.15, -0.1) is 0 Å². The molecule has 2 aromatic heterocycles. The number of nitrogens with one attached hydrogen (secondary N) is 1. The topological polar surface area (TPSA) is 63.8 Å². The molecule has 0 aliphatic heterocycles. The SMILES string of the molecule is CC(Nc1c(N)cncc1Br)c1ccncc1. The number of hydrogen-bond acceptors (Lipinski definition) is 4. The van der Waals surface area contributed by atoms with Gasteiger partial charge in [0.05, 0.1) is 22.0 Å². The lowest BCUT2D eigenvalue weighted by atomic mass is 10.1. The van der Waals surface area contributed by atoms with Gasteiger partial charge in [-0.1, -0.05) is 0 Å². The van der Waals surface area contributed by atoms with Crippen LogP contribution in [-0.4, -0.2) is 9.97 Å². The first kappa shape index (κ1) is 11.9. The van der Waals surface area contributed by atoms with Crippen molar-refractivity contribution in [2.24, 2.45) is 0 Å². The molecule has 0 aromatic carbocycles. The lowest BCUT2D eigenvalue weighted by Crippen LogP contribution is -2.09. The minimum atomic E-state index is 0.152. The third-order valence-corrected chi connectivity index (χ3v) is 3.10. The highest BCUT2D eigenvalue weighted by Crippen LogP contribution is 2.30. The van der Waals surface area contributed by atoms with Crippen molar-refractivity contribution in [2.45, 2.75) is 13.0 Å². The number of nitrogens with two attached hydrogens (primary N) is 1. The molecule has 0 spiro atoms. The van der Waals surface area contributed by atoms with Gasteiger partial charge < -0.3 is 11.1 Å². The predicted octanol–water partition coefficient (Wildman–Crippen LogP) is 2.99. The standard InChI is InChI=1S/C12H13BrN4/c1-8(9-2-4-15-5-3-9)17-12-10(13)6-16-7-11(12)14/h2-8H,14H2,1H3,(H,16,17). The van der Waals surface area contributed by atoms with E-state index in [2.05, 4.69) is 38.1 Å². The van der Waals surface area contributed by atoms with Crippen molar-refractivity contribution in [2.75, 3.05) is 11.1 Å². The van der Waals surface area contributed by atoms with Crippen LogP contribution >= 0.6 is 15.9 Å². The Morgan fingerprint density at radius 2 is 1.94 bits per heavy atom. The zero-order chi connectivity index (χ0) is 12.3. The Hall–Kier alpha value is -1.62. The van der Waals surface area contributed by atoms with Gasteiger partial charge in [0.15, 0.2) is 0 Å². The maximum atomic E-state index is 5.88. The van der Waals surface area contributed by atoms with E-state index in [4.69, 9.17) is 5.73 Å². The number of halogens is 1. The molecule has 0 fully saturated rings. The zero-order valence-corrected chi connectivity index (χ0v) is 11.0. The molecule has 2 heterocycles. The zero-order valence-electron chi connectivity index (χ0n) is 9.39. The van der Waals surface area contributed by atoms with E-state index in [0.29, 0.717) is 5.69 Å². The van der Waals surface area contributed by atoms with E-state index >= 15 is 0 Å². The quantitative estimate of drug-likeness (QED) is 0.913. The third-order valence-electron chi connectivity index (χ3n) is 2.50. The van der Waals surface area contributed by atoms with Gasteiger partial charge in [0, 0.05) is 24.6 Å². The molecule has 2 aromatic rings. The summed E-state index contributed by atoms with van der Waals surface area (Å²) in [5.74, 6) is 0. The predicted molar refractivity (Wildman–Crippen MR) is 72.6 cm³/mol. The van der Waals surface area contributed by atoms with Crippen LogP contribution in [0.25, 0.3) is 0 Å². The van der Waals surface area contributed by atoms with Crippen LogP contribution in [0, 0.1) is 0 Å². The van der Waals surface area contributed by atoms with Gasteiger partial charge >= 0.3 is 0 Å². The van der Waals surface area contributed by atoms with Crippen LogP contribution in [0.2, 0.25) is 0 Å². The fraction of sp³-hybridized carbons (Fsp3) is 0.167. The Balaban J connectivity index is 2.22. The van der Waals surface area contributed by atoms with Crippen LogP contribution in [-0.2, 0) is 0 Å². The number of nitrogen functional groups attached to an aromatic ring is 1. The van der Waals surface area contributed by atoms with E-state index in [0.717, 1.165) is 15.7 Å². The molecular weight excluding hydrogens is 280 g/mol. The summed E-state index contributed by atoms with van der Waals surface area (Å²) in [5.41, 5.74) is 8.53. The highest BCUT2D eigenvalue weighted by molar-refractivity contribution is 9.10. The van der Waals surface area contributed by atoms with Crippen LogP contribution < -0.4 is 11.1 Å². The lowest BCUT2D eigenvalue weighted by Gasteiger charge is -2.17. The van der Waals surface area contributed by atoms with Gasteiger partial charge in [-0.25, -0.2) is 0 Å². The molecule has 2 rings (SSSR count). The van der Waals surface area contributed by atoms with E-state index in [1.807, 2.05) is 12.1 Å². The summed E-state index contributed by atoms with van der Waals surface area (Å²) in [5, 5.41) is 3.36. The Kier molecular flexibility index (Phi) is 3.58. The molecule has 0 amide bonds. The van der Waals surface area contributed by atoms with Crippen LogP contribution in [0.1, 0.15) is 18.5 Å². The number of anilines is 2. The van der Waals surface area contributed by atoms with Crippen molar-refractivity contribution in [3.63, 3.8) is 0 Å². The molecule has 0 bridgehead atoms. The molecule has 1 unspecified atom stereocenters. The van der Waals surface area contributed by atoms with E-state index in [1.54, 1.807) is 24.8 Å². The van der Waals surface area contributed by atoms with Gasteiger partial charge in [0.25, 0.3) is 0 Å². The normalized spacial score (nSPS) is 12.1. The Labute approximate surface area is 108 Å². The van der Waals surface area contributed by atoms with Crippen molar-refractivity contribution < 1.29 is 0 Å². The second kappa shape index (κ2) is 5.14. The minimum Gasteiger partial charge on any atom is -0.396 e. The van der Waals surface area contributed by atoms with Crippen molar-refractivity contribution in [3.05, 3.63) is 47.0 Å². The molecular formula is C12H13BrN4. The monoisotopic (exact) mass is 292 g/mol. The Morgan fingerprint density at radius 1 is 1.24 bits per heavy atom. The largest absolute Gasteiger partial charge is 0.396 e. The summed E-state index contributed by atoms with van der Waals surface area (Å²) < 4.78 is 0.860. The second-order valence-electron chi connectivity index (χ2n) is 3.73. The first-order valence-corrected chi connectivity index (χ1v) is 6.03. The minimum absolute atomic E-state index is 0.152. The highest BCUT2D eigenvalue weighted by Gasteiger charge is 2.09. The molecule has 17 heavy (non-hydrogen) atoms. The molecule has 0 saturated heterocycles. The number of rotatable bonds is 3. The first-order valence-electron chi connectivity index (χ1n) is 5.24. The maximum Gasteiger partial charge on any atom is 0.0754 e. The van der Waals surface area contributed by atoms with Crippen LogP contribution in [0.4, 0.5) is 11.4 Å². The van der Waals surface area contributed by atoms with Crippen molar-refractivity contribution in [1.82, 2.24) is 9.97 Å². The Morgan fingerprint density at radius 3 is 2.59 bits per heavy atom. The fourth-order valence-electron chi connectivity index (χ4n) is 1.55. The smallest absolute Gasteiger partial charge is 0.0754 e. The molecule has 0 radical (unpaired) electrons. The molecule has 0 aliphatic carbocycles. The molecule has 4 nitrogen and oxygen atoms in total. The molecule has 5 heteroatoms. The average molecular weight is 293 g/mol. The van der Waals surface area contributed by atoms with Crippen molar-refractivity contribution >= 4 is 27.3 Å². The lowest BCUT2D eigenvalue weighted by molar-refractivity contribution is 0.879. The van der Waals surface area contributed by atoms with Gasteiger partial charge in [-0.2, -0.15) is 0 Å². The summed E-state index contributed by atoms with van der Waals surface area (Å²) >= 11 is 3.43. The summed E-state index contributed by atoms with van der Waals surface area (Å²) in [7, 11) is 0. The molecule has 0 saturated carbocycles. The van der Waals surface area contributed by atoms with Gasteiger partial charge in [0.2, 0.25) is 0 Å². The fourth-order valence-corrected chi connectivity index (χ4v) is 2.02. The van der Waals surface area contributed by atoms with Gasteiger partial charge in [0.1, 0.15) is 0 Å². The molecule has 88 valence electrons. The molecule has 3 N–H and O–H groups in total. The molecule has 1 atom stereocenters. The van der Waals surface area contributed by atoms with Crippen LogP contribution in [0.15, 0.2) is 41.4 Å². The summed E-state index contributed by atoms with van der Waals surface area (Å²) in [6, 6.07) is 4.10. The first-order chi connectivity index (χ1) is 8.18. The summed E-state index contributed by atoms with van der Waals surface area (Å²) in [4.78, 5) is 8.00. The van der Waals surface area contributed by atoms with E-state index in [9.17, 15) is 0 Å². The van der Waals surface area contributed by atoms with Gasteiger partial charge in [-0.05, 0) is 40.5 Å². The van der Waals surface area contributed by atoms with Crippen LogP contribution in [0.3, 0.4) is 0 Å². The van der Waals surface area contributed by atoms with Crippen molar-refractivity contribution in [3.8, 4) is 0 Å².